The van der Waals surface area contributed by atoms with E-state index in [9.17, 15) is 0 Å². The number of allylic oxidation sites excluding steroid dienone is 1. The lowest BCUT2D eigenvalue weighted by molar-refractivity contribution is 0.250. The van der Waals surface area contributed by atoms with E-state index in [4.69, 9.17) is 16.6 Å². The predicted molar refractivity (Wildman–Crippen MR) is 117 cm³/mol. The zero-order valence-electron chi connectivity index (χ0n) is 16.8. The van der Waals surface area contributed by atoms with Crippen LogP contribution < -0.4 is 16.8 Å². The first-order valence-corrected chi connectivity index (χ1v) is 9.96. The summed E-state index contributed by atoms with van der Waals surface area (Å²) in [6.45, 7) is 5.48. The summed E-state index contributed by atoms with van der Waals surface area (Å²) in [5, 5.41) is 12.7. The molecule has 0 heterocycles. The van der Waals surface area contributed by atoms with Gasteiger partial charge in [0, 0.05) is 50.2 Å². The zero-order chi connectivity index (χ0) is 20.2. The van der Waals surface area contributed by atoms with Crippen molar-refractivity contribution in [2.75, 3.05) is 25.4 Å². The number of nitrogens with two attached hydrogens (primary N) is 2. The highest BCUT2D eigenvalue weighted by molar-refractivity contribution is 5.46. The Kier molecular flexibility index (Phi) is 9.55. The van der Waals surface area contributed by atoms with Gasteiger partial charge in [-0.3, -0.25) is 4.90 Å². The molecule has 5 heteroatoms. The van der Waals surface area contributed by atoms with Crippen molar-refractivity contribution in [2.24, 2.45) is 5.73 Å². The van der Waals surface area contributed by atoms with Gasteiger partial charge in [-0.15, -0.1) is 0 Å². The molecule has 0 aliphatic carbocycles. The topological polar surface area (TPSA) is 87.5 Å². The number of benzene rings is 2. The van der Waals surface area contributed by atoms with E-state index >= 15 is 0 Å². The highest BCUT2D eigenvalue weighted by Gasteiger charge is 2.11. The monoisotopic (exact) mass is 382 g/mol. The van der Waals surface area contributed by atoms with Crippen LogP contribution in [0.25, 0.3) is 0 Å². The number of nitrogen functional groups attached to an aromatic ring is 1. The molecule has 0 radical (unpaired) electrons. The van der Waals surface area contributed by atoms with Crippen molar-refractivity contribution in [3.05, 3.63) is 77.5 Å². The fourth-order valence-electron chi connectivity index (χ4n) is 3.26. The first-order valence-electron chi connectivity index (χ1n) is 9.96. The van der Waals surface area contributed by atoms with Gasteiger partial charge < -0.3 is 21.9 Å². The molecule has 0 aliphatic heterocycles. The summed E-state index contributed by atoms with van der Waals surface area (Å²) in [6, 6.07) is 18.7. The maximum Gasteiger partial charge on any atom is 0.0431 e. The third-order valence-electron chi connectivity index (χ3n) is 4.67. The van der Waals surface area contributed by atoms with Crippen molar-refractivity contribution in [1.82, 2.24) is 10.2 Å². The number of nitrogens with one attached hydrogen (secondary N) is 1. The molecule has 28 heavy (non-hydrogen) atoms. The Morgan fingerprint density at radius 3 is 2.50 bits per heavy atom. The molecule has 6 N–H and O–H groups in total. The Morgan fingerprint density at radius 1 is 1.11 bits per heavy atom. The van der Waals surface area contributed by atoms with E-state index in [2.05, 4.69) is 40.5 Å². The second kappa shape index (κ2) is 12.2. The van der Waals surface area contributed by atoms with Gasteiger partial charge >= 0.3 is 0 Å². The molecule has 152 valence electrons. The molecule has 0 bridgehead atoms. The molecular weight excluding hydrogens is 348 g/mol. The van der Waals surface area contributed by atoms with E-state index < -0.39 is 0 Å². The van der Waals surface area contributed by atoms with Gasteiger partial charge in [0.1, 0.15) is 0 Å². The molecule has 2 aromatic rings. The summed E-state index contributed by atoms with van der Waals surface area (Å²) in [4.78, 5) is 2.40. The Balaban J connectivity index is 2.00. The standard InChI is InChI=1S/C23H34N4O/c1-19(24)16-22(11-7-15-28)26-13-14-27(17-20-8-3-2-4-9-20)18-21-10-5-6-12-23(21)25/h2-6,8-10,12,16,22,26,28H,7,11,13-15,17-18,24-25H2,1H3/b19-16+. The molecule has 0 fully saturated rings. The molecular formula is C23H34N4O. The fourth-order valence-corrected chi connectivity index (χ4v) is 3.26. The van der Waals surface area contributed by atoms with Crippen LogP contribution in [0.3, 0.4) is 0 Å². The van der Waals surface area contributed by atoms with Crippen LogP contribution in [-0.2, 0) is 13.1 Å². The minimum absolute atomic E-state index is 0.178. The number of aliphatic hydroxyl groups is 1. The van der Waals surface area contributed by atoms with Crippen molar-refractivity contribution >= 4 is 5.69 Å². The SMILES string of the molecule is C/C(N)=C\C(CCCO)NCCN(Cc1ccccc1)Cc1ccccc1N. The van der Waals surface area contributed by atoms with Gasteiger partial charge in [0.15, 0.2) is 0 Å². The molecule has 2 rings (SSSR count). The first-order chi connectivity index (χ1) is 13.6. The summed E-state index contributed by atoms with van der Waals surface area (Å²) in [5.74, 6) is 0. The predicted octanol–water partition coefficient (Wildman–Crippen LogP) is 2.86. The lowest BCUT2D eigenvalue weighted by atomic mass is 10.1. The number of hydrogen-bond acceptors (Lipinski definition) is 5. The highest BCUT2D eigenvalue weighted by atomic mass is 16.2. The van der Waals surface area contributed by atoms with Gasteiger partial charge in [-0.25, -0.2) is 0 Å². The Labute approximate surface area is 169 Å². The Hall–Kier alpha value is -2.34. The average Bonchev–Trinajstić information content (AvgIpc) is 2.68. The minimum atomic E-state index is 0.178. The minimum Gasteiger partial charge on any atom is -0.402 e. The number of hydrogen-bond donors (Lipinski definition) is 4. The lowest BCUT2D eigenvalue weighted by Gasteiger charge is -2.25. The van der Waals surface area contributed by atoms with E-state index in [1.165, 1.54) is 5.56 Å². The fraction of sp³-hybridized carbons (Fsp3) is 0.391. The third kappa shape index (κ3) is 8.13. The van der Waals surface area contributed by atoms with Crippen LogP contribution in [0.5, 0.6) is 0 Å². The number of aliphatic hydroxyl groups excluding tert-OH is 1. The molecule has 0 aromatic heterocycles. The Morgan fingerprint density at radius 2 is 1.82 bits per heavy atom. The molecule has 2 aromatic carbocycles. The largest absolute Gasteiger partial charge is 0.402 e. The molecule has 1 atom stereocenters. The van der Waals surface area contributed by atoms with Gasteiger partial charge in [-0.1, -0.05) is 48.5 Å². The van der Waals surface area contributed by atoms with Gasteiger partial charge in [0.05, 0.1) is 0 Å². The van der Waals surface area contributed by atoms with Gasteiger partial charge in [0.25, 0.3) is 0 Å². The maximum atomic E-state index is 9.12. The van der Waals surface area contributed by atoms with Gasteiger partial charge in [-0.2, -0.15) is 0 Å². The quantitative estimate of drug-likeness (QED) is 0.424. The second-order valence-electron chi connectivity index (χ2n) is 7.23. The second-order valence-corrected chi connectivity index (χ2v) is 7.23. The first kappa shape index (κ1) is 22.0. The van der Waals surface area contributed by atoms with Crippen molar-refractivity contribution in [3.63, 3.8) is 0 Å². The molecule has 1 unspecified atom stereocenters. The van der Waals surface area contributed by atoms with Crippen molar-refractivity contribution in [1.29, 1.82) is 0 Å². The summed E-state index contributed by atoms with van der Waals surface area (Å²) in [5.41, 5.74) is 16.1. The zero-order valence-corrected chi connectivity index (χ0v) is 16.8. The van der Waals surface area contributed by atoms with E-state index in [1.54, 1.807) is 0 Å². The molecule has 0 spiro atoms. The highest BCUT2D eigenvalue weighted by Crippen LogP contribution is 2.15. The van der Waals surface area contributed by atoms with Crippen LogP contribution in [-0.4, -0.2) is 35.7 Å². The van der Waals surface area contributed by atoms with Crippen LogP contribution in [0, 0.1) is 0 Å². The van der Waals surface area contributed by atoms with Gasteiger partial charge in [0.2, 0.25) is 0 Å². The summed E-state index contributed by atoms with van der Waals surface area (Å²) in [6.07, 6.45) is 3.66. The smallest absolute Gasteiger partial charge is 0.0431 e. The number of nitrogens with zero attached hydrogens (tertiary/aromatic N) is 1. The number of rotatable bonds is 12. The third-order valence-corrected chi connectivity index (χ3v) is 4.67. The molecule has 0 amide bonds. The summed E-state index contributed by atoms with van der Waals surface area (Å²) < 4.78 is 0. The van der Waals surface area contributed by atoms with Crippen LogP contribution in [0.2, 0.25) is 0 Å². The van der Waals surface area contributed by atoms with E-state index in [0.717, 1.165) is 56.0 Å². The van der Waals surface area contributed by atoms with Crippen LogP contribution in [0.1, 0.15) is 30.9 Å². The lowest BCUT2D eigenvalue weighted by Crippen LogP contribution is -2.36. The van der Waals surface area contributed by atoms with Crippen LogP contribution in [0.4, 0.5) is 5.69 Å². The molecule has 0 saturated heterocycles. The Bertz CT molecular complexity index is 714. The number of para-hydroxylation sites is 1. The number of anilines is 1. The van der Waals surface area contributed by atoms with Gasteiger partial charge in [-0.05, 0) is 43.0 Å². The van der Waals surface area contributed by atoms with Crippen molar-refractivity contribution < 1.29 is 5.11 Å². The summed E-state index contributed by atoms with van der Waals surface area (Å²) >= 11 is 0. The van der Waals surface area contributed by atoms with Crippen molar-refractivity contribution in [2.45, 2.75) is 38.9 Å². The molecule has 5 nitrogen and oxygen atoms in total. The average molecular weight is 383 g/mol. The summed E-state index contributed by atoms with van der Waals surface area (Å²) in [7, 11) is 0. The van der Waals surface area contributed by atoms with E-state index in [0.29, 0.717) is 0 Å². The van der Waals surface area contributed by atoms with E-state index in [1.807, 2.05) is 37.3 Å². The molecule has 0 aliphatic rings. The van der Waals surface area contributed by atoms with Crippen molar-refractivity contribution in [3.8, 4) is 0 Å². The molecule has 0 saturated carbocycles. The normalized spacial score (nSPS) is 13.0. The van der Waals surface area contributed by atoms with Crippen LogP contribution in [0.15, 0.2) is 66.4 Å². The van der Waals surface area contributed by atoms with E-state index in [-0.39, 0.29) is 12.6 Å². The maximum absolute atomic E-state index is 9.12. The van der Waals surface area contributed by atoms with Crippen LogP contribution >= 0.6 is 0 Å².